The van der Waals surface area contributed by atoms with Crippen molar-refractivity contribution in [3.8, 4) is 0 Å². The molecule has 0 amide bonds. The van der Waals surface area contributed by atoms with Crippen molar-refractivity contribution in [3.63, 3.8) is 0 Å². The van der Waals surface area contributed by atoms with Gasteiger partial charge < -0.3 is 9.84 Å². The van der Waals surface area contributed by atoms with Crippen LogP contribution in [0.2, 0.25) is 0 Å². The van der Waals surface area contributed by atoms with Gasteiger partial charge in [0.25, 0.3) is 0 Å². The van der Waals surface area contributed by atoms with Crippen LogP contribution in [-0.4, -0.2) is 36.2 Å². The molecule has 1 aliphatic rings. The first kappa shape index (κ1) is 11.6. The van der Waals surface area contributed by atoms with E-state index in [0.29, 0.717) is 6.04 Å². The fourth-order valence-electron chi connectivity index (χ4n) is 2.43. The first-order valence-corrected chi connectivity index (χ1v) is 6.18. The minimum absolute atomic E-state index is 0.700. The van der Waals surface area contributed by atoms with Crippen molar-refractivity contribution >= 4 is 0 Å². The van der Waals surface area contributed by atoms with E-state index in [-0.39, 0.29) is 0 Å². The van der Waals surface area contributed by atoms with Crippen LogP contribution in [0.25, 0.3) is 0 Å². The van der Waals surface area contributed by atoms with Crippen molar-refractivity contribution in [2.45, 2.75) is 38.3 Å². The Labute approximate surface area is 97.0 Å². The number of likely N-dealkylation sites (tertiary alicyclic amines) is 1. The maximum Gasteiger partial charge on any atom is 0.150 e. The highest BCUT2D eigenvalue weighted by Crippen LogP contribution is 2.21. The number of hydrogen-bond donors (Lipinski definition) is 1. The Morgan fingerprint density at radius 2 is 2.50 bits per heavy atom. The van der Waals surface area contributed by atoms with Crippen molar-refractivity contribution in [1.82, 2.24) is 15.4 Å². The van der Waals surface area contributed by atoms with Crippen molar-refractivity contribution < 1.29 is 4.52 Å². The van der Waals surface area contributed by atoms with Crippen molar-refractivity contribution in [2.24, 2.45) is 0 Å². The van der Waals surface area contributed by atoms with Gasteiger partial charge in [0.15, 0.2) is 5.76 Å². The van der Waals surface area contributed by atoms with Crippen LogP contribution >= 0.6 is 0 Å². The van der Waals surface area contributed by atoms with E-state index in [1.54, 1.807) is 6.20 Å². The average molecular weight is 223 g/mol. The molecule has 2 heterocycles. The van der Waals surface area contributed by atoms with Gasteiger partial charge in [-0.15, -0.1) is 0 Å². The first-order chi connectivity index (χ1) is 7.90. The Morgan fingerprint density at radius 3 is 3.25 bits per heavy atom. The molecule has 0 radical (unpaired) electrons. The SMILES string of the molecule is CNCCC1CCCCN1Cc1ccno1. The Kier molecular flexibility index (Phi) is 4.36. The molecule has 1 atom stereocenters. The zero-order chi connectivity index (χ0) is 11.2. The van der Waals surface area contributed by atoms with Crippen LogP contribution in [0.15, 0.2) is 16.8 Å². The van der Waals surface area contributed by atoms with Crippen LogP contribution in [0.5, 0.6) is 0 Å². The van der Waals surface area contributed by atoms with E-state index >= 15 is 0 Å². The molecule has 4 nitrogen and oxygen atoms in total. The number of hydrogen-bond acceptors (Lipinski definition) is 4. The number of aromatic nitrogens is 1. The molecule has 90 valence electrons. The van der Waals surface area contributed by atoms with E-state index < -0.39 is 0 Å². The normalized spacial score (nSPS) is 22.4. The lowest BCUT2D eigenvalue weighted by Crippen LogP contribution is -2.40. The molecule has 0 bridgehead atoms. The number of rotatable bonds is 5. The summed E-state index contributed by atoms with van der Waals surface area (Å²) in [5, 5.41) is 6.99. The van der Waals surface area contributed by atoms with E-state index in [9.17, 15) is 0 Å². The maximum absolute atomic E-state index is 5.18. The summed E-state index contributed by atoms with van der Waals surface area (Å²) in [5.41, 5.74) is 0. The molecular formula is C12H21N3O. The lowest BCUT2D eigenvalue weighted by atomic mass is 9.99. The summed E-state index contributed by atoms with van der Waals surface area (Å²) in [6.07, 6.45) is 6.94. The maximum atomic E-state index is 5.18. The highest BCUT2D eigenvalue weighted by molar-refractivity contribution is 4.94. The summed E-state index contributed by atoms with van der Waals surface area (Å²) < 4.78 is 5.18. The molecule has 0 aromatic carbocycles. The van der Waals surface area contributed by atoms with Gasteiger partial charge in [-0.2, -0.15) is 0 Å². The molecule has 0 aliphatic carbocycles. The molecular weight excluding hydrogens is 202 g/mol. The van der Waals surface area contributed by atoms with Gasteiger partial charge in [-0.3, -0.25) is 4.90 Å². The second kappa shape index (κ2) is 6.01. The molecule has 1 saturated heterocycles. The van der Waals surface area contributed by atoms with Gasteiger partial charge in [-0.25, -0.2) is 0 Å². The Morgan fingerprint density at radius 1 is 1.56 bits per heavy atom. The van der Waals surface area contributed by atoms with E-state index in [2.05, 4.69) is 15.4 Å². The topological polar surface area (TPSA) is 41.3 Å². The van der Waals surface area contributed by atoms with E-state index in [4.69, 9.17) is 4.52 Å². The molecule has 1 fully saturated rings. The van der Waals surface area contributed by atoms with Gasteiger partial charge in [-0.05, 0) is 39.4 Å². The largest absolute Gasteiger partial charge is 0.360 e. The predicted octanol–water partition coefficient (Wildman–Crippen LogP) is 1.64. The predicted molar refractivity (Wildman–Crippen MR) is 63.1 cm³/mol. The zero-order valence-electron chi connectivity index (χ0n) is 9.98. The number of nitrogens with one attached hydrogen (secondary N) is 1. The molecule has 16 heavy (non-hydrogen) atoms. The third-order valence-corrected chi connectivity index (χ3v) is 3.33. The van der Waals surface area contributed by atoms with Crippen molar-refractivity contribution in [3.05, 3.63) is 18.0 Å². The molecule has 1 aromatic rings. The van der Waals surface area contributed by atoms with Gasteiger partial charge in [0, 0.05) is 12.1 Å². The summed E-state index contributed by atoms with van der Waals surface area (Å²) >= 11 is 0. The Bertz CT molecular complexity index is 286. The lowest BCUT2D eigenvalue weighted by Gasteiger charge is -2.35. The Balaban J connectivity index is 1.88. The van der Waals surface area contributed by atoms with Crippen LogP contribution in [0, 0.1) is 0 Å². The second-order valence-corrected chi connectivity index (χ2v) is 4.49. The van der Waals surface area contributed by atoms with E-state index in [1.807, 2.05) is 13.1 Å². The minimum Gasteiger partial charge on any atom is -0.360 e. The second-order valence-electron chi connectivity index (χ2n) is 4.49. The summed E-state index contributed by atoms with van der Waals surface area (Å²) in [5.74, 6) is 0.983. The van der Waals surface area contributed by atoms with Gasteiger partial charge in [0.2, 0.25) is 0 Å². The van der Waals surface area contributed by atoms with Crippen LogP contribution in [0.3, 0.4) is 0 Å². The summed E-state index contributed by atoms with van der Waals surface area (Å²) in [6.45, 7) is 3.20. The fraction of sp³-hybridized carbons (Fsp3) is 0.750. The number of nitrogens with zero attached hydrogens (tertiary/aromatic N) is 2. The van der Waals surface area contributed by atoms with Gasteiger partial charge >= 0.3 is 0 Å². The first-order valence-electron chi connectivity index (χ1n) is 6.18. The standard InChI is InChI=1S/C12H21N3O/c1-13-7-5-11-4-2-3-9-15(11)10-12-6-8-14-16-12/h6,8,11,13H,2-5,7,9-10H2,1H3. The zero-order valence-corrected chi connectivity index (χ0v) is 9.98. The monoisotopic (exact) mass is 223 g/mol. The molecule has 1 aliphatic heterocycles. The summed E-state index contributed by atoms with van der Waals surface area (Å²) in [6, 6.07) is 2.66. The van der Waals surface area contributed by atoms with Crippen LogP contribution in [0.4, 0.5) is 0 Å². The quantitative estimate of drug-likeness (QED) is 0.824. The highest BCUT2D eigenvalue weighted by Gasteiger charge is 2.22. The van der Waals surface area contributed by atoms with Gasteiger partial charge in [-0.1, -0.05) is 11.6 Å². The van der Waals surface area contributed by atoms with Gasteiger partial charge in [0.05, 0.1) is 12.7 Å². The molecule has 0 spiro atoms. The van der Waals surface area contributed by atoms with Crippen LogP contribution < -0.4 is 5.32 Å². The third-order valence-electron chi connectivity index (χ3n) is 3.33. The van der Waals surface area contributed by atoms with Crippen molar-refractivity contribution in [2.75, 3.05) is 20.1 Å². The van der Waals surface area contributed by atoms with E-state index in [1.165, 1.54) is 32.2 Å². The molecule has 1 N–H and O–H groups in total. The lowest BCUT2D eigenvalue weighted by molar-refractivity contribution is 0.119. The molecule has 1 unspecified atom stereocenters. The fourth-order valence-corrected chi connectivity index (χ4v) is 2.43. The molecule has 0 saturated carbocycles. The van der Waals surface area contributed by atoms with Gasteiger partial charge in [0.1, 0.15) is 0 Å². The van der Waals surface area contributed by atoms with Crippen molar-refractivity contribution in [1.29, 1.82) is 0 Å². The highest BCUT2D eigenvalue weighted by atomic mass is 16.5. The smallest absolute Gasteiger partial charge is 0.150 e. The molecule has 2 rings (SSSR count). The van der Waals surface area contributed by atoms with E-state index in [0.717, 1.165) is 18.8 Å². The van der Waals surface area contributed by atoms with Crippen LogP contribution in [0.1, 0.15) is 31.4 Å². The summed E-state index contributed by atoms with van der Waals surface area (Å²) in [7, 11) is 2.02. The average Bonchev–Trinajstić information content (AvgIpc) is 2.81. The molecule has 4 heteroatoms. The van der Waals surface area contributed by atoms with Crippen LogP contribution in [-0.2, 0) is 6.54 Å². The molecule has 1 aromatic heterocycles. The third kappa shape index (κ3) is 3.06. The number of piperidine rings is 1. The minimum atomic E-state index is 0.700. The Hall–Kier alpha value is -0.870. The summed E-state index contributed by atoms with van der Waals surface area (Å²) in [4.78, 5) is 2.53.